The molecule has 0 spiro atoms. The quantitative estimate of drug-likeness (QED) is 0.741. The molecule has 15 heavy (non-hydrogen) atoms. The first kappa shape index (κ1) is 11.8. The van der Waals surface area contributed by atoms with Crippen molar-refractivity contribution in [1.82, 2.24) is 0 Å². The number of nitriles is 1. The molecule has 0 saturated carbocycles. The molecule has 0 aliphatic carbocycles. The zero-order chi connectivity index (χ0) is 11.6. The maximum Gasteiger partial charge on any atom is 0.573 e. The Labute approximate surface area is 90.2 Å². The van der Waals surface area contributed by atoms with E-state index in [1.54, 1.807) is 0 Å². The van der Waals surface area contributed by atoms with Crippen molar-refractivity contribution in [3.05, 3.63) is 28.0 Å². The molecule has 1 aromatic rings. The summed E-state index contributed by atoms with van der Waals surface area (Å²) in [5.41, 5.74) is -0.782. The lowest BCUT2D eigenvalue weighted by atomic mass is 10.2. The Morgan fingerprint density at radius 2 is 1.93 bits per heavy atom. The van der Waals surface area contributed by atoms with Gasteiger partial charge in [-0.05, 0) is 12.1 Å². The number of nitrogens with zero attached hydrogens (tertiary/aromatic N) is 1. The average Bonchev–Trinajstić information content (AvgIpc) is 1.99. The first-order valence-electron chi connectivity index (χ1n) is 3.48. The Morgan fingerprint density at radius 1 is 1.33 bits per heavy atom. The van der Waals surface area contributed by atoms with Gasteiger partial charge in [-0.3, -0.25) is 0 Å². The van der Waals surface area contributed by atoms with E-state index in [0.29, 0.717) is 0 Å². The molecule has 1 rings (SSSR count). The lowest BCUT2D eigenvalue weighted by Gasteiger charge is -2.10. The third-order valence-corrected chi connectivity index (χ3v) is 1.81. The van der Waals surface area contributed by atoms with Crippen molar-refractivity contribution in [2.75, 3.05) is 0 Å². The molecule has 0 bridgehead atoms. The zero-order valence-electron chi connectivity index (χ0n) is 6.90. The van der Waals surface area contributed by atoms with Gasteiger partial charge in [0.25, 0.3) is 0 Å². The maximum atomic E-state index is 13.0. The van der Waals surface area contributed by atoms with Crippen LogP contribution in [0.1, 0.15) is 5.56 Å². The van der Waals surface area contributed by atoms with Gasteiger partial charge in [-0.2, -0.15) is 5.26 Å². The fraction of sp³-hybridized carbons (Fsp3) is 0.125. The molecule has 0 amide bonds. The highest BCUT2D eigenvalue weighted by Crippen LogP contribution is 2.30. The first-order chi connectivity index (χ1) is 6.83. The minimum absolute atomic E-state index is 0.0539. The van der Waals surface area contributed by atoms with Gasteiger partial charge in [0.1, 0.15) is 17.4 Å². The van der Waals surface area contributed by atoms with Crippen molar-refractivity contribution < 1.29 is 22.3 Å². The lowest BCUT2D eigenvalue weighted by molar-refractivity contribution is -0.274. The standard InChI is InChI=1S/C8H2BrF4NO/c9-4-1-6(10)5(3-14)7(2-4)15-8(11,12)13/h1-2H. The molecular formula is C8H2BrF4NO. The van der Waals surface area contributed by atoms with Gasteiger partial charge in [0.15, 0.2) is 5.75 Å². The molecule has 0 radical (unpaired) electrons. The molecule has 0 N–H and O–H groups in total. The number of hydrogen-bond donors (Lipinski definition) is 0. The van der Waals surface area contributed by atoms with E-state index in [0.717, 1.165) is 12.1 Å². The van der Waals surface area contributed by atoms with Crippen molar-refractivity contribution >= 4 is 15.9 Å². The highest BCUT2D eigenvalue weighted by atomic mass is 79.9. The van der Waals surface area contributed by atoms with Crippen molar-refractivity contribution in [3.8, 4) is 11.8 Å². The van der Waals surface area contributed by atoms with Crippen LogP contribution >= 0.6 is 15.9 Å². The molecule has 0 unspecified atom stereocenters. The molecule has 0 saturated heterocycles. The molecule has 0 atom stereocenters. The highest BCUT2D eigenvalue weighted by molar-refractivity contribution is 9.10. The van der Waals surface area contributed by atoms with E-state index in [1.807, 2.05) is 0 Å². The second-order valence-corrected chi connectivity index (χ2v) is 3.34. The fourth-order valence-corrected chi connectivity index (χ4v) is 1.27. The topological polar surface area (TPSA) is 33.0 Å². The van der Waals surface area contributed by atoms with Crippen LogP contribution in [0.5, 0.6) is 5.75 Å². The molecule has 2 nitrogen and oxygen atoms in total. The molecular weight excluding hydrogens is 282 g/mol. The molecule has 7 heteroatoms. The van der Waals surface area contributed by atoms with E-state index >= 15 is 0 Å². The van der Waals surface area contributed by atoms with Crippen LogP contribution in [0.25, 0.3) is 0 Å². The van der Waals surface area contributed by atoms with E-state index < -0.39 is 23.5 Å². The van der Waals surface area contributed by atoms with Crippen LogP contribution in [0.3, 0.4) is 0 Å². The molecule has 80 valence electrons. The Balaban J connectivity index is 3.23. The van der Waals surface area contributed by atoms with Crippen molar-refractivity contribution in [2.45, 2.75) is 6.36 Å². The minimum Gasteiger partial charge on any atom is -0.404 e. The predicted molar refractivity (Wildman–Crippen MR) is 45.5 cm³/mol. The van der Waals surface area contributed by atoms with Gasteiger partial charge in [-0.15, -0.1) is 13.2 Å². The summed E-state index contributed by atoms with van der Waals surface area (Å²) < 4.78 is 52.1. The van der Waals surface area contributed by atoms with E-state index in [4.69, 9.17) is 5.26 Å². The smallest absolute Gasteiger partial charge is 0.404 e. The van der Waals surface area contributed by atoms with E-state index in [2.05, 4.69) is 20.7 Å². The van der Waals surface area contributed by atoms with Gasteiger partial charge in [-0.1, -0.05) is 15.9 Å². The van der Waals surface area contributed by atoms with E-state index in [-0.39, 0.29) is 4.47 Å². The Morgan fingerprint density at radius 3 is 2.40 bits per heavy atom. The van der Waals surface area contributed by atoms with E-state index in [1.165, 1.54) is 6.07 Å². The van der Waals surface area contributed by atoms with Crippen LogP contribution < -0.4 is 4.74 Å². The minimum atomic E-state index is -4.96. The number of alkyl halides is 3. The zero-order valence-corrected chi connectivity index (χ0v) is 8.49. The summed E-state index contributed by atoms with van der Waals surface area (Å²) in [5, 5.41) is 8.43. The van der Waals surface area contributed by atoms with Crippen LogP contribution in [-0.2, 0) is 0 Å². The molecule has 0 aliphatic heterocycles. The van der Waals surface area contributed by atoms with Crippen LogP contribution in [0, 0.1) is 17.1 Å². The summed E-state index contributed by atoms with van der Waals surface area (Å²) in [6.45, 7) is 0. The van der Waals surface area contributed by atoms with Crippen LogP contribution in [0.15, 0.2) is 16.6 Å². The normalized spacial score (nSPS) is 10.9. The molecule has 0 aromatic heterocycles. The largest absolute Gasteiger partial charge is 0.573 e. The van der Waals surface area contributed by atoms with Gasteiger partial charge in [-0.25, -0.2) is 4.39 Å². The third kappa shape index (κ3) is 3.09. The molecule has 0 aliphatic rings. The summed E-state index contributed by atoms with van der Waals surface area (Å²) in [7, 11) is 0. The summed E-state index contributed by atoms with van der Waals surface area (Å²) >= 11 is 2.79. The number of hydrogen-bond acceptors (Lipinski definition) is 2. The SMILES string of the molecule is N#Cc1c(F)cc(Br)cc1OC(F)(F)F. The molecule has 0 fully saturated rings. The van der Waals surface area contributed by atoms with Crippen molar-refractivity contribution in [1.29, 1.82) is 5.26 Å². The number of ether oxygens (including phenoxy) is 1. The van der Waals surface area contributed by atoms with Gasteiger partial charge in [0, 0.05) is 4.47 Å². The number of halogens is 5. The second kappa shape index (κ2) is 4.06. The maximum absolute atomic E-state index is 13.0. The van der Waals surface area contributed by atoms with Crippen LogP contribution in [0.4, 0.5) is 17.6 Å². The highest BCUT2D eigenvalue weighted by Gasteiger charge is 2.33. The first-order valence-corrected chi connectivity index (χ1v) is 4.27. The summed E-state index contributed by atoms with van der Waals surface area (Å²) in [5.74, 6) is -1.94. The van der Waals surface area contributed by atoms with Crippen molar-refractivity contribution in [2.24, 2.45) is 0 Å². The van der Waals surface area contributed by atoms with Crippen LogP contribution in [-0.4, -0.2) is 6.36 Å². The predicted octanol–water partition coefficient (Wildman–Crippen LogP) is 3.36. The summed E-state index contributed by atoms with van der Waals surface area (Å²) in [4.78, 5) is 0. The molecule has 0 heterocycles. The average molecular weight is 284 g/mol. The Hall–Kier alpha value is -1.29. The van der Waals surface area contributed by atoms with Gasteiger partial charge >= 0.3 is 6.36 Å². The third-order valence-electron chi connectivity index (χ3n) is 1.36. The lowest BCUT2D eigenvalue weighted by Crippen LogP contribution is -2.18. The second-order valence-electron chi connectivity index (χ2n) is 2.42. The van der Waals surface area contributed by atoms with Crippen molar-refractivity contribution in [3.63, 3.8) is 0 Å². The fourth-order valence-electron chi connectivity index (χ4n) is 0.864. The number of benzene rings is 1. The Kier molecular flexibility index (Phi) is 3.19. The van der Waals surface area contributed by atoms with E-state index in [9.17, 15) is 17.6 Å². The van der Waals surface area contributed by atoms with Gasteiger partial charge in [0.2, 0.25) is 0 Å². The monoisotopic (exact) mass is 283 g/mol. The summed E-state index contributed by atoms with van der Waals surface area (Å²) in [6.07, 6.45) is -4.96. The summed E-state index contributed by atoms with van der Waals surface area (Å²) in [6, 6.07) is 3.04. The Bertz CT molecular complexity index is 424. The molecule has 1 aromatic carbocycles. The van der Waals surface area contributed by atoms with Crippen LogP contribution in [0.2, 0.25) is 0 Å². The van der Waals surface area contributed by atoms with Gasteiger partial charge in [0.05, 0.1) is 0 Å². The van der Waals surface area contributed by atoms with Gasteiger partial charge < -0.3 is 4.74 Å². The number of rotatable bonds is 1.